The predicted molar refractivity (Wildman–Crippen MR) is 41.9 cm³/mol. The summed E-state index contributed by atoms with van der Waals surface area (Å²) < 4.78 is 0. The fourth-order valence-electron chi connectivity index (χ4n) is 0. The maximum atomic E-state index is 5.44. The third-order valence-electron chi connectivity index (χ3n) is 1.05. The van der Waals surface area contributed by atoms with Crippen LogP contribution in [0, 0.1) is 5.92 Å². The Labute approximate surface area is 54.8 Å². The van der Waals surface area contributed by atoms with Gasteiger partial charge in [-0.15, -0.1) is 0 Å². The highest BCUT2D eigenvalue weighted by Crippen LogP contribution is 1.93. The quantitative estimate of drug-likeness (QED) is 0.563. The van der Waals surface area contributed by atoms with Crippen molar-refractivity contribution in [1.82, 2.24) is 0 Å². The Kier molecular flexibility index (Phi) is 9.44. The van der Waals surface area contributed by atoms with Gasteiger partial charge in [0.15, 0.2) is 0 Å². The summed E-state index contributed by atoms with van der Waals surface area (Å²) in [7, 11) is 0. The van der Waals surface area contributed by atoms with Gasteiger partial charge in [-0.2, -0.15) is 0 Å². The van der Waals surface area contributed by atoms with Crippen LogP contribution in [0.25, 0.3) is 0 Å². The Bertz CT molecular complexity index is 29.9. The number of hydrogen-bond donors (Lipinski definition) is 1. The monoisotopic (exact) mass is 119 g/mol. The number of rotatable bonds is 1. The summed E-state index contributed by atoms with van der Waals surface area (Å²) in [6.07, 6.45) is 0. The molecule has 1 unspecified atom stereocenters. The highest BCUT2D eigenvalue weighted by molar-refractivity contribution is 4.55. The molecule has 0 saturated heterocycles. The van der Waals surface area contributed by atoms with E-state index in [9.17, 15) is 0 Å². The van der Waals surface area contributed by atoms with Crippen molar-refractivity contribution in [2.24, 2.45) is 11.7 Å². The molecule has 0 bridgehead atoms. The second-order valence-corrected chi connectivity index (χ2v) is 2.10. The van der Waals surface area contributed by atoms with Crippen LogP contribution in [0.15, 0.2) is 0 Å². The molecule has 2 N–H and O–H groups in total. The van der Waals surface area contributed by atoms with Crippen molar-refractivity contribution < 1.29 is 1.43 Å². The molecule has 0 aromatic carbocycles. The molecule has 1 atom stereocenters. The molecular weight excluding hydrogens is 98.1 g/mol. The third-order valence-corrected chi connectivity index (χ3v) is 1.05. The van der Waals surface area contributed by atoms with E-state index in [-0.39, 0.29) is 1.43 Å². The summed E-state index contributed by atoms with van der Waals surface area (Å²) in [5.74, 6) is 0.630. The molecule has 8 heavy (non-hydrogen) atoms. The third kappa shape index (κ3) is 9.35. The summed E-state index contributed by atoms with van der Waals surface area (Å²) in [5, 5.41) is 0. The van der Waals surface area contributed by atoms with Gasteiger partial charge in [0.2, 0.25) is 0 Å². The van der Waals surface area contributed by atoms with Gasteiger partial charge in [-0.25, -0.2) is 0 Å². The summed E-state index contributed by atoms with van der Waals surface area (Å²) in [6, 6.07) is 0.352. The molecule has 0 heterocycles. The summed E-state index contributed by atoms with van der Waals surface area (Å²) in [6.45, 7) is 10.2. The normalized spacial score (nSPS) is 12.4. The fraction of sp³-hybridized carbons (Fsp3) is 1.00. The van der Waals surface area contributed by atoms with Gasteiger partial charge < -0.3 is 5.73 Å². The topological polar surface area (TPSA) is 26.0 Å². The Morgan fingerprint density at radius 3 is 1.25 bits per heavy atom. The molecule has 1 heteroatoms. The Hall–Kier alpha value is -0.0400. The smallest absolute Gasteiger partial charge is 0.00334 e. The molecule has 0 spiro atoms. The molecule has 54 valence electrons. The van der Waals surface area contributed by atoms with Crippen molar-refractivity contribution in [3.63, 3.8) is 0 Å². The maximum absolute atomic E-state index is 5.44. The van der Waals surface area contributed by atoms with Crippen LogP contribution < -0.4 is 5.73 Å². The van der Waals surface area contributed by atoms with Crippen LogP contribution in [0.5, 0.6) is 0 Å². The second-order valence-electron chi connectivity index (χ2n) is 2.10. The molecule has 0 aromatic heterocycles. The van der Waals surface area contributed by atoms with Gasteiger partial charge in [0, 0.05) is 7.47 Å². The van der Waals surface area contributed by atoms with Crippen molar-refractivity contribution in [1.29, 1.82) is 0 Å². The van der Waals surface area contributed by atoms with Crippen molar-refractivity contribution in [3.05, 3.63) is 0 Å². The standard InChI is InChI=1S/C5H13N.C2H6.H2/c1-4(2)5(3)6;1-2;/h4-5H,6H2,1-3H3;1-2H3;1H. The molecule has 0 aliphatic carbocycles. The Morgan fingerprint density at radius 1 is 1.12 bits per heavy atom. The molecule has 0 aliphatic rings. The van der Waals surface area contributed by atoms with Crippen LogP contribution in [0.3, 0.4) is 0 Å². The van der Waals surface area contributed by atoms with E-state index in [1.807, 2.05) is 20.8 Å². The molecule has 1 nitrogen and oxygen atoms in total. The lowest BCUT2D eigenvalue weighted by molar-refractivity contribution is 0.529. The SMILES string of the molecule is CC.CC(C)C(C)N.[HH]. The van der Waals surface area contributed by atoms with Gasteiger partial charge in [-0.1, -0.05) is 27.7 Å². The van der Waals surface area contributed by atoms with E-state index in [4.69, 9.17) is 5.73 Å². The van der Waals surface area contributed by atoms with E-state index in [0.29, 0.717) is 12.0 Å². The first kappa shape index (κ1) is 10.9. The van der Waals surface area contributed by atoms with Gasteiger partial charge >= 0.3 is 0 Å². The molecule has 0 aromatic rings. The number of hydrogen-bond acceptors (Lipinski definition) is 1. The van der Waals surface area contributed by atoms with Crippen molar-refractivity contribution in [2.75, 3.05) is 0 Å². The van der Waals surface area contributed by atoms with Gasteiger partial charge in [0.05, 0.1) is 0 Å². The lowest BCUT2D eigenvalue weighted by Crippen LogP contribution is -2.21. The minimum Gasteiger partial charge on any atom is -0.328 e. The predicted octanol–water partition coefficient (Wildman–Crippen LogP) is 2.26. The molecule has 0 amide bonds. The van der Waals surface area contributed by atoms with E-state index < -0.39 is 0 Å². The van der Waals surface area contributed by atoms with Crippen LogP contribution >= 0.6 is 0 Å². The first-order chi connectivity index (χ1) is 3.64. The van der Waals surface area contributed by atoms with E-state index >= 15 is 0 Å². The van der Waals surface area contributed by atoms with Gasteiger partial charge in [-0.3, -0.25) is 0 Å². The minimum absolute atomic E-state index is 0. The molecular formula is C7H21N. The van der Waals surface area contributed by atoms with Crippen LogP contribution in [0.1, 0.15) is 36.0 Å². The zero-order valence-corrected chi connectivity index (χ0v) is 6.73. The van der Waals surface area contributed by atoms with Gasteiger partial charge in [0.25, 0.3) is 0 Å². The highest BCUT2D eigenvalue weighted by atomic mass is 14.6. The van der Waals surface area contributed by atoms with Crippen molar-refractivity contribution in [3.8, 4) is 0 Å². The van der Waals surface area contributed by atoms with Crippen molar-refractivity contribution in [2.45, 2.75) is 40.7 Å². The van der Waals surface area contributed by atoms with Gasteiger partial charge in [0.1, 0.15) is 0 Å². The zero-order chi connectivity index (χ0) is 7.15. The molecule has 0 saturated carbocycles. The lowest BCUT2D eigenvalue weighted by atomic mass is 10.1. The lowest BCUT2D eigenvalue weighted by Gasteiger charge is -2.05. The minimum atomic E-state index is 0. The summed E-state index contributed by atoms with van der Waals surface area (Å²) >= 11 is 0. The Morgan fingerprint density at radius 2 is 1.25 bits per heavy atom. The van der Waals surface area contributed by atoms with Crippen LogP contribution in [-0.4, -0.2) is 6.04 Å². The van der Waals surface area contributed by atoms with E-state index in [0.717, 1.165) is 0 Å². The maximum Gasteiger partial charge on any atom is 0.00334 e. The summed E-state index contributed by atoms with van der Waals surface area (Å²) in [4.78, 5) is 0. The molecule has 0 aliphatic heterocycles. The van der Waals surface area contributed by atoms with Gasteiger partial charge in [-0.05, 0) is 12.8 Å². The van der Waals surface area contributed by atoms with Crippen LogP contribution in [0.4, 0.5) is 0 Å². The number of nitrogens with two attached hydrogens (primary N) is 1. The molecule has 0 fully saturated rings. The second kappa shape index (κ2) is 6.96. The zero-order valence-electron chi connectivity index (χ0n) is 6.73. The van der Waals surface area contributed by atoms with E-state index in [1.54, 1.807) is 0 Å². The first-order valence-electron chi connectivity index (χ1n) is 3.40. The molecule has 0 rings (SSSR count). The highest BCUT2D eigenvalue weighted by Gasteiger charge is 1.95. The average molecular weight is 119 g/mol. The first-order valence-corrected chi connectivity index (χ1v) is 3.40. The van der Waals surface area contributed by atoms with E-state index in [1.165, 1.54) is 0 Å². The van der Waals surface area contributed by atoms with Crippen LogP contribution in [-0.2, 0) is 0 Å². The van der Waals surface area contributed by atoms with E-state index in [2.05, 4.69) is 13.8 Å². The van der Waals surface area contributed by atoms with Crippen molar-refractivity contribution >= 4 is 0 Å². The summed E-state index contributed by atoms with van der Waals surface area (Å²) in [5.41, 5.74) is 5.44. The van der Waals surface area contributed by atoms with Crippen LogP contribution in [0.2, 0.25) is 0 Å². The fourth-order valence-corrected chi connectivity index (χ4v) is 0. The Balaban J connectivity index is -0.000000109. The largest absolute Gasteiger partial charge is 0.328 e. The molecule has 0 radical (unpaired) electrons. The average Bonchev–Trinajstić information content (AvgIpc) is 1.72.